The number of aliphatic hydroxyl groups excluding tert-OH is 1. The van der Waals surface area contributed by atoms with Gasteiger partial charge in [0.05, 0.1) is 6.61 Å². The van der Waals surface area contributed by atoms with Crippen LogP contribution in [0.25, 0.3) is 0 Å². The SMILES string of the molecule is CCOc1cc2c(cc1C(O)c1cccnc1)OC(C)C2. The van der Waals surface area contributed by atoms with E-state index in [4.69, 9.17) is 9.47 Å². The number of rotatable bonds is 4. The van der Waals surface area contributed by atoms with E-state index >= 15 is 0 Å². The van der Waals surface area contributed by atoms with Gasteiger partial charge in [-0.3, -0.25) is 4.98 Å². The topological polar surface area (TPSA) is 51.6 Å². The second-order valence-corrected chi connectivity index (χ2v) is 5.25. The zero-order valence-corrected chi connectivity index (χ0v) is 12.2. The molecule has 0 spiro atoms. The van der Waals surface area contributed by atoms with Crippen molar-refractivity contribution in [3.8, 4) is 11.5 Å². The average molecular weight is 285 g/mol. The van der Waals surface area contributed by atoms with Gasteiger partial charge in [0.2, 0.25) is 0 Å². The van der Waals surface area contributed by atoms with E-state index < -0.39 is 6.10 Å². The van der Waals surface area contributed by atoms with Crippen molar-refractivity contribution in [2.24, 2.45) is 0 Å². The first-order chi connectivity index (χ1) is 10.2. The Morgan fingerprint density at radius 3 is 3.05 bits per heavy atom. The summed E-state index contributed by atoms with van der Waals surface area (Å²) in [5, 5.41) is 10.6. The van der Waals surface area contributed by atoms with E-state index in [0.717, 1.165) is 28.9 Å². The summed E-state index contributed by atoms with van der Waals surface area (Å²) in [6.07, 6.45) is 3.62. The van der Waals surface area contributed by atoms with Crippen LogP contribution in [0.1, 0.15) is 36.6 Å². The first-order valence-electron chi connectivity index (χ1n) is 7.23. The van der Waals surface area contributed by atoms with Gasteiger partial charge < -0.3 is 14.6 Å². The van der Waals surface area contributed by atoms with Crippen molar-refractivity contribution in [1.82, 2.24) is 4.98 Å². The van der Waals surface area contributed by atoms with E-state index in [1.54, 1.807) is 12.4 Å². The molecule has 2 aromatic rings. The molecule has 0 bridgehead atoms. The quantitative estimate of drug-likeness (QED) is 0.938. The van der Waals surface area contributed by atoms with Crippen molar-refractivity contribution in [2.45, 2.75) is 32.5 Å². The second-order valence-electron chi connectivity index (χ2n) is 5.25. The summed E-state index contributed by atoms with van der Waals surface area (Å²) in [6.45, 7) is 4.53. The van der Waals surface area contributed by atoms with Gasteiger partial charge in [-0.1, -0.05) is 6.07 Å². The third-order valence-electron chi connectivity index (χ3n) is 3.62. The number of fused-ring (bicyclic) bond motifs is 1. The van der Waals surface area contributed by atoms with Crippen molar-refractivity contribution in [3.05, 3.63) is 53.3 Å². The minimum Gasteiger partial charge on any atom is -0.493 e. The summed E-state index contributed by atoms with van der Waals surface area (Å²) < 4.78 is 11.5. The molecule has 1 aliphatic rings. The lowest BCUT2D eigenvalue weighted by Gasteiger charge is -2.17. The smallest absolute Gasteiger partial charge is 0.125 e. The minimum absolute atomic E-state index is 0.167. The average Bonchev–Trinajstić information content (AvgIpc) is 2.86. The van der Waals surface area contributed by atoms with Gasteiger partial charge in [-0.05, 0) is 32.0 Å². The largest absolute Gasteiger partial charge is 0.493 e. The van der Waals surface area contributed by atoms with Gasteiger partial charge in [0.25, 0.3) is 0 Å². The molecule has 0 saturated carbocycles. The summed E-state index contributed by atoms with van der Waals surface area (Å²) in [5.41, 5.74) is 2.59. The molecule has 0 aliphatic carbocycles. The zero-order chi connectivity index (χ0) is 14.8. The molecule has 110 valence electrons. The normalized spacial score (nSPS) is 18.0. The predicted octanol–water partition coefficient (Wildman–Crippen LogP) is 2.89. The Kier molecular flexibility index (Phi) is 3.80. The molecule has 2 atom stereocenters. The van der Waals surface area contributed by atoms with E-state index in [0.29, 0.717) is 12.4 Å². The molecule has 1 aromatic carbocycles. The summed E-state index contributed by atoms with van der Waals surface area (Å²) in [6, 6.07) is 7.54. The maximum Gasteiger partial charge on any atom is 0.125 e. The lowest BCUT2D eigenvalue weighted by atomic mass is 9.99. The standard InChI is InChI=1S/C17H19NO3/c1-3-20-16-8-13-7-11(2)21-15(13)9-14(16)17(19)12-5-4-6-18-10-12/h4-6,8-11,17,19H,3,7H2,1-2H3. The molecule has 21 heavy (non-hydrogen) atoms. The van der Waals surface area contributed by atoms with Crippen LogP contribution in [0.2, 0.25) is 0 Å². The third kappa shape index (κ3) is 2.72. The van der Waals surface area contributed by atoms with Gasteiger partial charge in [-0.15, -0.1) is 0 Å². The Hall–Kier alpha value is -2.07. The van der Waals surface area contributed by atoms with Gasteiger partial charge in [0.15, 0.2) is 0 Å². The maximum atomic E-state index is 10.6. The summed E-state index contributed by atoms with van der Waals surface area (Å²) >= 11 is 0. The van der Waals surface area contributed by atoms with Gasteiger partial charge in [0.1, 0.15) is 23.7 Å². The highest BCUT2D eigenvalue weighted by Gasteiger charge is 2.25. The van der Waals surface area contributed by atoms with Crippen LogP contribution >= 0.6 is 0 Å². The van der Waals surface area contributed by atoms with Gasteiger partial charge in [-0.25, -0.2) is 0 Å². The molecule has 0 fully saturated rings. The highest BCUT2D eigenvalue weighted by Crippen LogP contribution is 2.39. The fourth-order valence-corrected chi connectivity index (χ4v) is 2.67. The fraction of sp³-hybridized carbons (Fsp3) is 0.353. The highest BCUT2D eigenvalue weighted by atomic mass is 16.5. The van der Waals surface area contributed by atoms with Crippen LogP contribution in [0.5, 0.6) is 11.5 Å². The number of hydrogen-bond donors (Lipinski definition) is 1. The maximum absolute atomic E-state index is 10.6. The van der Waals surface area contributed by atoms with Crippen molar-refractivity contribution < 1.29 is 14.6 Å². The molecule has 0 saturated heterocycles. The van der Waals surface area contributed by atoms with E-state index in [-0.39, 0.29) is 6.10 Å². The van der Waals surface area contributed by atoms with Gasteiger partial charge >= 0.3 is 0 Å². The number of ether oxygens (including phenoxy) is 2. The second kappa shape index (κ2) is 5.74. The minimum atomic E-state index is -0.773. The Morgan fingerprint density at radius 1 is 1.48 bits per heavy atom. The number of pyridine rings is 1. The van der Waals surface area contributed by atoms with Gasteiger partial charge in [0, 0.05) is 35.5 Å². The molecule has 3 rings (SSSR count). The molecule has 2 heterocycles. The molecule has 4 heteroatoms. The lowest BCUT2D eigenvalue weighted by Crippen LogP contribution is -2.06. The number of aromatic nitrogens is 1. The Labute approximate surface area is 124 Å². The van der Waals surface area contributed by atoms with Crippen LogP contribution in [0, 0.1) is 0 Å². The molecule has 0 radical (unpaired) electrons. The lowest BCUT2D eigenvalue weighted by molar-refractivity contribution is 0.210. The molecule has 0 amide bonds. The van der Waals surface area contributed by atoms with Gasteiger partial charge in [-0.2, -0.15) is 0 Å². The molecule has 1 aliphatic heterocycles. The Balaban J connectivity index is 2.02. The van der Waals surface area contributed by atoms with Crippen LogP contribution in [0.3, 0.4) is 0 Å². The van der Waals surface area contributed by atoms with Crippen molar-refractivity contribution in [2.75, 3.05) is 6.61 Å². The number of benzene rings is 1. The number of aliphatic hydroxyl groups is 1. The van der Waals surface area contributed by atoms with E-state index in [1.165, 1.54) is 0 Å². The van der Waals surface area contributed by atoms with Crippen LogP contribution in [-0.2, 0) is 6.42 Å². The Morgan fingerprint density at radius 2 is 2.33 bits per heavy atom. The fourth-order valence-electron chi connectivity index (χ4n) is 2.67. The Bertz CT molecular complexity index is 627. The van der Waals surface area contributed by atoms with Crippen LogP contribution in [0.4, 0.5) is 0 Å². The first-order valence-corrected chi connectivity index (χ1v) is 7.23. The van der Waals surface area contributed by atoms with Crippen LogP contribution in [-0.4, -0.2) is 22.8 Å². The third-order valence-corrected chi connectivity index (χ3v) is 3.62. The zero-order valence-electron chi connectivity index (χ0n) is 12.2. The number of hydrogen-bond acceptors (Lipinski definition) is 4. The number of nitrogens with zero attached hydrogens (tertiary/aromatic N) is 1. The molecule has 4 nitrogen and oxygen atoms in total. The molecular formula is C17H19NO3. The van der Waals surface area contributed by atoms with Crippen LogP contribution in [0.15, 0.2) is 36.7 Å². The predicted molar refractivity (Wildman–Crippen MR) is 79.7 cm³/mol. The van der Waals surface area contributed by atoms with E-state index in [9.17, 15) is 5.11 Å². The molecular weight excluding hydrogens is 266 g/mol. The van der Waals surface area contributed by atoms with E-state index in [2.05, 4.69) is 4.98 Å². The molecule has 1 N–H and O–H groups in total. The van der Waals surface area contributed by atoms with Crippen molar-refractivity contribution in [3.63, 3.8) is 0 Å². The van der Waals surface area contributed by atoms with Crippen LogP contribution < -0.4 is 9.47 Å². The summed E-state index contributed by atoms with van der Waals surface area (Å²) in [5.74, 6) is 1.55. The first kappa shape index (κ1) is 13.9. The van der Waals surface area contributed by atoms with Crippen molar-refractivity contribution in [1.29, 1.82) is 0 Å². The molecule has 1 aromatic heterocycles. The van der Waals surface area contributed by atoms with Crippen molar-refractivity contribution >= 4 is 0 Å². The monoisotopic (exact) mass is 285 g/mol. The highest BCUT2D eigenvalue weighted by molar-refractivity contribution is 5.51. The molecule has 2 unspecified atom stereocenters. The summed E-state index contributed by atoms with van der Waals surface area (Å²) in [4.78, 5) is 4.06. The summed E-state index contributed by atoms with van der Waals surface area (Å²) in [7, 11) is 0. The van der Waals surface area contributed by atoms with E-state index in [1.807, 2.05) is 38.1 Å².